The molecule has 1 heterocycles. The second-order valence-corrected chi connectivity index (χ2v) is 9.64. The summed E-state index contributed by atoms with van der Waals surface area (Å²) in [6, 6.07) is 22.8. The molecule has 0 saturated heterocycles. The number of nitrogens with one attached hydrogen (secondary N) is 2. The number of rotatable bonds is 6. The Kier molecular flexibility index (Phi) is 6.61. The molecule has 0 saturated carbocycles. The second kappa shape index (κ2) is 10.0. The Morgan fingerprint density at radius 1 is 0.947 bits per heavy atom. The number of aromatic hydroxyl groups is 1. The molecular weight excluding hydrogens is 502 g/mol. The molecule has 4 N–H and O–H groups in total. The third-order valence-corrected chi connectivity index (χ3v) is 6.79. The largest absolute Gasteiger partial charge is 0.505 e. The van der Waals surface area contributed by atoms with E-state index in [1.54, 1.807) is 42.5 Å². The van der Waals surface area contributed by atoms with Crippen molar-refractivity contribution in [3.05, 3.63) is 101 Å². The predicted molar refractivity (Wildman–Crippen MR) is 150 cm³/mol. The Morgan fingerprint density at radius 3 is 2.39 bits per heavy atom. The van der Waals surface area contributed by atoms with Gasteiger partial charge < -0.3 is 15.5 Å². The molecule has 1 aliphatic rings. The number of anilines is 2. The van der Waals surface area contributed by atoms with E-state index in [0.29, 0.717) is 38.9 Å². The second-order valence-electron chi connectivity index (χ2n) is 9.24. The first kappa shape index (κ1) is 25.0. The zero-order valence-corrected chi connectivity index (χ0v) is 21.4. The van der Waals surface area contributed by atoms with Crippen molar-refractivity contribution in [2.24, 2.45) is 5.10 Å². The van der Waals surface area contributed by atoms with Crippen LogP contribution in [0.5, 0.6) is 5.75 Å². The molecular formula is C30H24ClN3O4. The van der Waals surface area contributed by atoms with Crippen molar-refractivity contribution in [1.82, 2.24) is 0 Å². The van der Waals surface area contributed by atoms with Crippen LogP contribution in [0.25, 0.3) is 22.3 Å². The Morgan fingerprint density at radius 2 is 1.68 bits per heavy atom. The zero-order chi connectivity index (χ0) is 27.0. The van der Waals surface area contributed by atoms with Crippen LogP contribution in [0.1, 0.15) is 41.3 Å². The van der Waals surface area contributed by atoms with Crippen LogP contribution < -0.4 is 10.7 Å². The summed E-state index contributed by atoms with van der Waals surface area (Å²) in [6.07, 6.45) is 0. The van der Waals surface area contributed by atoms with Crippen molar-refractivity contribution in [2.45, 2.75) is 19.8 Å². The number of aromatic carboxylic acids is 1. The van der Waals surface area contributed by atoms with Gasteiger partial charge in [0.2, 0.25) is 0 Å². The van der Waals surface area contributed by atoms with Crippen LogP contribution in [0, 0.1) is 0 Å². The van der Waals surface area contributed by atoms with Crippen LogP contribution in [0.2, 0.25) is 5.02 Å². The van der Waals surface area contributed by atoms with Crippen molar-refractivity contribution in [3.8, 4) is 28.0 Å². The van der Waals surface area contributed by atoms with Gasteiger partial charge in [-0.3, -0.25) is 10.2 Å². The van der Waals surface area contributed by atoms with E-state index < -0.39 is 11.9 Å². The topological polar surface area (TPSA) is 111 Å². The molecule has 0 bridgehead atoms. The van der Waals surface area contributed by atoms with Crippen molar-refractivity contribution >= 4 is 40.6 Å². The number of carboxylic acid groups (broad SMARTS) is 1. The fraction of sp³-hybridized carbons (Fsp3) is 0.100. The van der Waals surface area contributed by atoms with Gasteiger partial charge in [-0.1, -0.05) is 74.0 Å². The van der Waals surface area contributed by atoms with Crippen LogP contribution in [-0.2, 0) is 4.79 Å². The van der Waals surface area contributed by atoms with Gasteiger partial charge in [-0.2, -0.15) is 5.10 Å². The number of halogens is 1. The van der Waals surface area contributed by atoms with E-state index in [-0.39, 0.29) is 22.7 Å². The van der Waals surface area contributed by atoms with E-state index in [0.717, 1.165) is 5.56 Å². The Balaban J connectivity index is 1.49. The molecule has 38 heavy (non-hydrogen) atoms. The van der Waals surface area contributed by atoms with Crippen molar-refractivity contribution in [3.63, 3.8) is 0 Å². The van der Waals surface area contributed by atoms with Crippen LogP contribution >= 0.6 is 11.6 Å². The Bertz CT molecular complexity index is 1610. The first-order chi connectivity index (χ1) is 18.2. The summed E-state index contributed by atoms with van der Waals surface area (Å²) in [5, 5.41) is 27.9. The van der Waals surface area contributed by atoms with E-state index in [1.807, 2.05) is 24.3 Å². The zero-order valence-electron chi connectivity index (χ0n) is 20.6. The maximum Gasteiger partial charge on any atom is 0.335 e. The van der Waals surface area contributed by atoms with E-state index in [9.17, 15) is 19.8 Å². The number of phenolic OH excluding ortho intramolecular Hbond substituents is 1. The highest BCUT2D eigenvalue weighted by Crippen LogP contribution is 2.41. The lowest BCUT2D eigenvalue weighted by Gasteiger charge is -2.12. The van der Waals surface area contributed by atoms with Gasteiger partial charge in [0.05, 0.1) is 22.0 Å². The maximum atomic E-state index is 12.9. The molecule has 0 unspecified atom stereocenters. The van der Waals surface area contributed by atoms with Gasteiger partial charge in [-0.15, -0.1) is 0 Å². The quantitative estimate of drug-likeness (QED) is 0.160. The van der Waals surface area contributed by atoms with Crippen molar-refractivity contribution in [1.29, 1.82) is 0 Å². The molecule has 0 fully saturated rings. The third-order valence-electron chi connectivity index (χ3n) is 6.47. The number of carbonyl (C=O) groups excluding carboxylic acids is 1. The van der Waals surface area contributed by atoms with Gasteiger partial charge in [-0.05, 0) is 52.9 Å². The summed E-state index contributed by atoms with van der Waals surface area (Å²) >= 11 is 6.56. The van der Waals surface area contributed by atoms with E-state index >= 15 is 0 Å². The van der Waals surface area contributed by atoms with Crippen LogP contribution in [0.3, 0.4) is 0 Å². The average molecular weight is 526 g/mol. The monoisotopic (exact) mass is 525 g/mol. The van der Waals surface area contributed by atoms with Crippen molar-refractivity contribution in [2.75, 3.05) is 10.7 Å². The average Bonchev–Trinajstić information content (AvgIpc) is 3.22. The van der Waals surface area contributed by atoms with Gasteiger partial charge in [-0.25, -0.2) is 4.79 Å². The third kappa shape index (κ3) is 4.60. The molecule has 1 amide bonds. The molecule has 8 heteroatoms. The van der Waals surface area contributed by atoms with Gasteiger partial charge >= 0.3 is 5.97 Å². The highest BCUT2D eigenvalue weighted by Gasteiger charge is 2.30. The number of benzene rings is 4. The fourth-order valence-corrected chi connectivity index (χ4v) is 4.70. The molecule has 0 aliphatic carbocycles. The molecule has 0 aromatic heterocycles. The minimum atomic E-state index is -1.06. The highest BCUT2D eigenvalue weighted by atomic mass is 35.5. The number of nitrogens with zero attached hydrogens (tertiary/aromatic N) is 1. The summed E-state index contributed by atoms with van der Waals surface area (Å²) in [5.41, 5.74) is 8.20. The number of amides is 1. The van der Waals surface area contributed by atoms with Gasteiger partial charge in [0.1, 0.15) is 5.75 Å². The molecule has 0 radical (unpaired) electrons. The minimum absolute atomic E-state index is 0.105. The molecule has 0 atom stereocenters. The number of carboxylic acids is 1. The molecule has 190 valence electrons. The molecule has 4 aromatic carbocycles. The number of phenols is 1. The molecule has 5 rings (SSSR count). The fourth-order valence-electron chi connectivity index (χ4n) is 4.43. The number of carbonyl (C=O) groups is 2. The minimum Gasteiger partial charge on any atom is -0.505 e. The molecule has 7 nitrogen and oxygen atoms in total. The molecule has 4 aromatic rings. The van der Waals surface area contributed by atoms with Gasteiger partial charge in [0.25, 0.3) is 5.91 Å². The normalized spacial score (nSPS) is 13.5. The van der Waals surface area contributed by atoms with E-state index in [4.69, 9.17) is 11.6 Å². The van der Waals surface area contributed by atoms with Gasteiger partial charge in [0.15, 0.2) is 5.71 Å². The number of hydrogen-bond donors (Lipinski definition) is 4. The standard InChI is InChI=1S/C30H24ClN3O4/c1-16(2)17-9-11-18(12-10-17)25-23(31)14-13-22-26(25)32-29(36)27(22)34-33-24-8-4-7-21(28(24)35)19-5-3-6-20(15-19)30(37)38/h3-16,33,35H,1-2H3,(H,37,38)(H,32,34,36). The van der Waals surface area contributed by atoms with Crippen LogP contribution in [0.15, 0.2) is 84.0 Å². The summed E-state index contributed by atoms with van der Waals surface area (Å²) in [4.78, 5) is 24.3. The van der Waals surface area contributed by atoms with Crippen LogP contribution in [-0.4, -0.2) is 27.8 Å². The van der Waals surface area contributed by atoms with Crippen LogP contribution in [0.4, 0.5) is 11.4 Å². The Hall–Kier alpha value is -4.62. The van der Waals surface area contributed by atoms with E-state index in [1.165, 1.54) is 17.7 Å². The molecule has 1 aliphatic heterocycles. The van der Waals surface area contributed by atoms with E-state index in [2.05, 4.69) is 29.7 Å². The molecule has 0 spiro atoms. The Labute approximate surface area is 224 Å². The summed E-state index contributed by atoms with van der Waals surface area (Å²) in [5.74, 6) is -1.20. The van der Waals surface area contributed by atoms with Crippen molar-refractivity contribution < 1.29 is 19.8 Å². The SMILES string of the molecule is CC(C)c1ccc(-c2c(Cl)ccc3c2NC(=O)C3=NNc2cccc(-c3cccc(C(=O)O)c3)c2O)cc1. The summed E-state index contributed by atoms with van der Waals surface area (Å²) in [6.45, 7) is 4.25. The lowest BCUT2D eigenvalue weighted by Crippen LogP contribution is -2.16. The number of hydrazone groups is 1. The number of fused-ring (bicyclic) bond motifs is 1. The lowest BCUT2D eigenvalue weighted by atomic mass is 9.96. The predicted octanol–water partition coefficient (Wildman–Crippen LogP) is 6.97. The highest BCUT2D eigenvalue weighted by molar-refractivity contribution is 6.55. The number of hydrogen-bond acceptors (Lipinski definition) is 5. The number of para-hydroxylation sites is 1. The summed E-state index contributed by atoms with van der Waals surface area (Å²) < 4.78 is 0. The summed E-state index contributed by atoms with van der Waals surface area (Å²) in [7, 11) is 0. The van der Waals surface area contributed by atoms with Gasteiger partial charge in [0, 0.05) is 16.7 Å². The first-order valence-corrected chi connectivity index (χ1v) is 12.4. The maximum absolute atomic E-state index is 12.9. The first-order valence-electron chi connectivity index (χ1n) is 12.0. The lowest BCUT2D eigenvalue weighted by molar-refractivity contribution is -0.110. The smallest absolute Gasteiger partial charge is 0.335 e.